The number of benzene rings is 1. The first-order valence-electron chi connectivity index (χ1n) is 9.47. The Morgan fingerprint density at radius 3 is 2.59 bits per heavy atom. The zero-order valence-electron chi connectivity index (χ0n) is 15.9. The van der Waals surface area contributed by atoms with Crippen LogP contribution in [-0.2, 0) is 13.0 Å². The van der Waals surface area contributed by atoms with Crippen molar-refractivity contribution in [3.63, 3.8) is 0 Å². The molecule has 0 radical (unpaired) electrons. The molecule has 1 aromatic heterocycles. The smallest absolute Gasteiger partial charge is 0.228 e. The maximum atomic E-state index is 6.51. The molecule has 0 saturated carbocycles. The summed E-state index contributed by atoms with van der Waals surface area (Å²) in [7, 11) is 3.34. The van der Waals surface area contributed by atoms with Gasteiger partial charge in [0.15, 0.2) is 0 Å². The van der Waals surface area contributed by atoms with Gasteiger partial charge in [-0.05, 0) is 37.8 Å². The van der Waals surface area contributed by atoms with Crippen LogP contribution in [0.5, 0.6) is 11.5 Å². The van der Waals surface area contributed by atoms with Crippen LogP contribution in [-0.4, -0.2) is 43.8 Å². The van der Waals surface area contributed by atoms with Crippen LogP contribution in [0, 0.1) is 0 Å². The van der Waals surface area contributed by atoms with Crippen LogP contribution >= 0.6 is 11.6 Å². The largest absolute Gasteiger partial charge is 0.497 e. The van der Waals surface area contributed by atoms with E-state index in [9.17, 15) is 0 Å². The summed E-state index contributed by atoms with van der Waals surface area (Å²) in [6.45, 7) is 3.60. The third-order valence-electron chi connectivity index (χ3n) is 5.35. The molecule has 27 heavy (non-hydrogen) atoms. The minimum atomic E-state index is 0.588. The predicted octanol–water partition coefficient (Wildman–Crippen LogP) is 3.70. The average Bonchev–Trinajstić information content (AvgIpc) is 3.12. The van der Waals surface area contributed by atoms with Gasteiger partial charge in [0.1, 0.15) is 22.5 Å². The Morgan fingerprint density at radius 1 is 1.04 bits per heavy atom. The number of anilines is 2. The number of methoxy groups -OCH3 is 2. The molecule has 1 fully saturated rings. The zero-order chi connectivity index (χ0) is 18.8. The topological polar surface area (TPSA) is 50.7 Å². The second kappa shape index (κ2) is 7.80. The molecule has 144 valence electrons. The van der Waals surface area contributed by atoms with Gasteiger partial charge in [-0.25, -0.2) is 4.98 Å². The lowest BCUT2D eigenvalue weighted by atomic mass is 10.1. The van der Waals surface area contributed by atoms with Crippen LogP contribution in [0.1, 0.15) is 30.4 Å². The number of hydrogen-bond acceptors (Lipinski definition) is 6. The third-order valence-corrected chi connectivity index (χ3v) is 5.66. The van der Waals surface area contributed by atoms with Crippen molar-refractivity contribution in [3.05, 3.63) is 34.5 Å². The van der Waals surface area contributed by atoms with Crippen molar-refractivity contribution < 1.29 is 9.47 Å². The summed E-state index contributed by atoms with van der Waals surface area (Å²) >= 11 is 6.51. The molecule has 0 bridgehead atoms. The highest BCUT2D eigenvalue weighted by atomic mass is 35.5. The molecule has 0 atom stereocenters. The molecule has 0 spiro atoms. The molecule has 3 heterocycles. The van der Waals surface area contributed by atoms with Crippen molar-refractivity contribution in [1.29, 1.82) is 0 Å². The molecule has 1 aromatic carbocycles. The van der Waals surface area contributed by atoms with Gasteiger partial charge < -0.3 is 19.3 Å². The van der Waals surface area contributed by atoms with E-state index in [2.05, 4.69) is 14.8 Å². The van der Waals surface area contributed by atoms with Crippen molar-refractivity contribution in [1.82, 2.24) is 9.97 Å². The molecular formula is C20H25ClN4O2. The normalized spacial score (nSPS) is 16.4. The fraction of sp³-hybridized carbons (Fsp3) is 0.500. The molecule has 2 aliphatic rings. The SMILES string of the molecule is COc1ccc(CN2CCc3c(Cl)nc(N4CCCCC4)nc32)c(OC)c1. The Balaban J connectivity index is 1.62. The van der Waals surface area contributed by atoms with E-state index >= 15 is 0 Å². The molecule has 4 rings (SSSR count). The molecule has 1 saturated heterocycles. The number of fused-ring (bicyclic) bond motifs is 1. The Labute approximate surface area is 165 Å². The van der Waals surface area contributed by atoms with Crippen molar-refractivity contribution in [2.75, 3.05) is 43.7 Å². The quantitative estimate of drug-likeness (QED) is 0.728. The van der Waals surface area contributed by atoms with E-state index in [4.69, 9.17) is 26.1 Å². The molecule has 2 aromatic rings. The first-order chi connectivity index (χ1) is 13.2. The highest BCUT2D eigenvalue weighted by molar-refractivity contribution is 6.30. The van der Waals surface area contributed by atoms with Crippen LogP contribution in [0.3, 0.4) is 0 Å². The van der Waals surface area contributed by atoms with Gasteiger partial charge in [-0.15, -0.1) is 0 Å². The number of piperidine rings is 1. The Kier molecular flexibility index (Phi) is 5.25. The first-order valence-corrected chi connectivity index (χ1v) is 9.84. The summed E-state index contributed by atoms with van der Waals surface area (Å²) in [4.78, 5) is 14.0. The fourth-order valence-electron chi connectivity index (χ4n) is 3.84. The van der Waals surface area contributed by atoms with Gasteiger partial charge in [-0.2, -0.15) is 4.98 Å². The molecule has 0 N–H and O–H groups in total. The van der Waals surface area contributed by atoms with Gasteiger partial charge in [0.25, 0.3) is 0 Å². The maximum absolute atomic E-state index is 6.51. The minimum absolute atomic E-state index is 0.588. The van der Waals surface area contributed by atoms with Gasteiger partial charge in [-0.3, -0.25) is 0 Å². The van der Waals surface area contributed by atoms with Gasteiger partial charge in [0.2, 0.25) is 5.95 Å². The lowest BCUT2D eigenvalue weighted by Crippen LogP contribution is -2.31. The average molecular weight is 389 g/mol. The highest BCUT2D eigenvalue weighted by Crippen LogP contribution is 2.35. The number of halogens is 1. The molecule has 6 nitrogen and oxygen atoms in total. The van der Waals surface area contributed by atoms with Crippen LogP contribution in [0.15, 0.2) is 18.2 Å². The van der Waals surface area contributed by atoms with E-state index in [1.54, 1.807) is 14.2 Å². The van der Waals surface area contributed by atoms with Crippen LogP contribution in [0.4, 0.5) is 11.8 Å². The molecular weight excluding hydrogens is 364 g/mol. The Hall–Kier alpha value is -2.21. The van der Waals surface area contributed by atoms with Gasteiger partial charge in [-0.1, -0.05) is 11.6 Å². The number of ether oxygens (including phenoxy) is 2. The van der Waals surface area contributed by atoms with E-state index in [1.165, 1.54) is 19.3 Å². The predicted molar refractivity (Wildman–Crippen MR) is 107 cm³/mol. The monoisotopic (exact) mass is 388 g/mol. The molecule has 0 unspecified atom stereocenters. The Bertz CT molecular complexity index is 824. The van der Waals surface area contributed by atoms with Crippen LogP contribution in [0.2, 0.25) is 5.15 Å². The Morgan fingerprint density at radius 2 is 1.85 bits per heavy atom. The van der Waals surface area contributed by atoms with Crippen molar-refractivity contribution in [2.24, 2.45) is 0 Å². The van der Waals surface area contributed by atoms with Crippen LogP contribution < -0.4 is 19.3 Å². The second-order valence-corrected chi connectivity index (χ2v) is 7.37. The number of rotatable bonds is 5. The maximum Gasteiger partial charge on any atom is 0.228 e. The van der Waals surface area contributed by atoms with Crippen molar-refractivity contribution in [3.8, 4) is 11.5 Å². The summed E-state index contributed by atoms with van der Waals surface area (Å²) in [5.41, 5.74) is 2.14. The summed E-state index contributed by atoms with van der Waals surface area (Å²) in [6.07, 6.45) is 4.52. The molecule has 0 amide bonds. The number of aromatic nitrogens is 2. The van der Waals surface area contributed by atoms with E-state index in [0.29, 0.717) is 11.7 Å². The number of hydrogen-bond donors (Lipinski definition) is 0. The van der Waals surface area contributed by atoms with E-state index < -0.39 is 0 Å². The van der Waals surface area contributed by atoms with Gasteiger partial charge in [0.05, 0.1) is 14.2 Å². The summed E-state index contributed by atoms with van der Waals surface area (Å²) in [5.74, 6) is 3.31. The molecule has 2 aliphatic heterocycles. The van der Waals surface area contributed by atoms with Crippen molar-refractivity contribution >= 4 is 23.4 Å². The highest BCUT2D eigenvalue weighted by Gasteiger charge is 2.27. The standard InChI is InChI=1S/C20H25ClN4O2/c1-26-15-7-6-14(17(12-15)27-2)13-25-11-8-16-18(21)22-20(23-19(16)25)24-9-4-3-5-10-24/h6-7,12H,3-5,8-11,13H2,1-2H3. The van der Waals surface area contributed by atoms with Crippen molar-refractivity contribution in [2.45, 2.75) is 32.2 Å². The van der Waals surface area contributed by atoms with Gasteiger partial charge >= 0.3 is 0 Å². The lowest BCUT2D eigenvalue weighted by Gasteiger charge is -2.28. The fourth-order valence-corrected chi connectivity index (χ4v) is 4.10. The van der Waals surface area contributed by atoms with E-state index in [-0.39, 0.29) is 0 Å². The molecule has 7 heteroatoms. The second-order valence-electron chi connectivity index (χ2n) is 7.01. The molecule has 0 aliphatic carbocycles. The first kappa shape index (κ1) is 18.2. The van der Waals surface area contributed by atoms with Gasteiger partial charge in [0, 0.05) is 43.4 Å². The third kappa shape index (κ3) is 3.63. The summed E-state index contributed by atoms with van der Waals surface area (Å²) < 4.78 is 10.9. The number of nitrogens with zero attached hydrogens (tertiary/aromatic N) is 4. The lowest BCUT2D eigenvalue weighted by molar-refractivity contribution is 0.391. The van der Waals surface area contributed by atoms with Crippen LogP contribution in [0.25, 0.3) is 0 Å². The minimum Gasteiger partial charge on any atom is -0.497 e. The van der Waals surface area contributed by atoms with E-state index in [0.717, 1.165) is 60.4 Å². The summed E-state index contributed by atoms with van der Waals surface area (Å²) in [6, 6.07) is 5.92. The zero-order valence-corrected chi connectivity index (χ0v) is 16.6. The summed E-state index contributed by atoms with van der Waals surface area (Å²) in [5, 5.41) is 0.588. The van der Waals surface area contributed by atoms with E-state index in [1.807, 2.05) is 18.2 Å².